The van der Waals surface area contributed by atoms with Gasteiger partial charge in [0.15, 0.2) is 0 Å². The van der Waals surface area contributed by atoms with Crippen LogP contribution in [0.2, 0.25) is 5.02 Å². The van der Waals surface area contributed by atoms with Gasteiger partial charge in [-0.3, -0.25) is 9.78 Å². The average molecular weight is 418 g/mol. The number of ether oxygens (including phenoxy) is 1. The molecule has 2 aromatic rings. The van der Waals surface area contributed by atoms with Gasteiger partial charge >= 0.3 is 6.18 Å². The first kappa shape index (κ1) is 20.3. The van der Waals surface area contributed by atoms with Gasteiger partial charge in [-0.1, -0.05) is 17.7 Å². The summed E-state index contributed by atoms with van der Waals surface area (Å²) in [5, 5.41) is 5.20. The number of pyridine rings is 1. The number of nitrogens with zero attached hydrogens (tertiary/aromatic N) is 1. The minimum Gasteiger partial charge on any atom is -0.381 e. The number of alkyl halides is 3. The van der Waals surface area contributed by atoms with E-state index in [1.807, 2.05) is 0 Å². The van der Waals surface area contributed by atoms with Crippen molar-refractivity contribution in [2.45, 2.75) is 19.1 Å². The smallest absolute Gasteiger partial charge is 0.381 e. The Hall–Kier alpha value is -2.39. The average Bonchev–Trinajstić information content (AvgIpc) is 3.16. The van der Waals surface area contributed by atoms with E-state index in [-0.39, 0.29) is 29.1 Å². The van der Waals surface area contributed by atoms with Gasteiger partial charge in [-0.05, 0) is 24.6 Å². The summed E-state index contributed by atoms with van der Waals surface area (Å²) in [6.07, 6.45) is -2.87. The van der Waals surface area contributed by atoms with Gasteiger partial charge in [-0.15, -0.1) is 0 Å². The van der Waals surface area contributed by atoms with Crippen molar-refractivity contribution in [1.29, 1.82) is 0 Å². The van der Waals surface area contributed by atoms with Crippen molar-refractivity contribution in [3.05, 3.63) is 52.6 Å². The Bertz CT molecular complexity index is 870. The maximum atomic E-state index is 13.9. The van der Waals surface area contributed by atoms with Crippen molar-refractivity contribution in [2.75, 3.05) is 18.5 Å². The number of para-hydroxylation sites is 1. The maximum absolute atomic E-state index is 13.9. The number of halogens is 5. The molecule has 1 aliphatic rings. The molecule has 0 aliphatic carbocycles. The number of rotatable bonds is 5. The van der Waals surface area contributed by atoms with E-state index in [4.69, 9.17) is 16.3 Å². The maximum Gasteiger partial charge on any atom is 0.418 e. The highest BCUT2D eigenvalue weighted by Crippen LogP contribution is 2.37. The van der Waals surface area contributed by atoms with Crippen LogP contribution in [0.15, 0.2) is 30.5 Å². The molecule has 1 saturated heterocycles. The number of carbonyl (C=O) groups excluding carboxylic acids is 1. The third-order valence-electron chi connectivity index (χ3n) is 4.24. The number of benzene rings is 1. The van der Waals surface area contributed by atoms with Crippen LogP contribution in [0.3, 0.4) is 0 Å². The van der Waals surface area contributed by atoms with Crippen LogP contribution in [-0.4, -0.2) is 24.1 Å². The number of hydrogen-bond acceptors (Lipinski definition) is 4. The fourth-order valence-corrected chi connectivity index (χ4v) is 2.99. The first-order valence-electron chi connectivity index (χ1n) is 8.38. The Balaban J connectivity index is 1.72. The van der Waals surface area contributed by atoms with Crippen LogP contribution >= 0.6 is 11.6 Å². The topological polar surface area (TPSA) is 63.2 Å². The Morgan fingerprint density at radius 2 is 2.14 bits per heavy atom. The molecule has 0 bridgehead atoms. The molecule has 2 N–H and O–H groups in total. The highest BCUT2D eigenvalue weighted by Gasteiger charge is 2.34. The van der Waals surface area contributed by atoms with E-state index in [9.17, 15) is 22.4 Å². The van der Waals surface area contributed by atoms with Crippen LogP contribution in [0.4, 0.5) is 28.9 Å². The van der Waals surface area contributed by atoms with Gasteiger partial charge in [-0.25, -0.2) is 4.39 Å². The second kappa shape index (κ2) is 8.32. The van der Waals surface area contributed by atoms with Crippen molar-refractivity contribution in [3.8, 4) is 0 Å². The van der Waals surface area contributed by atoms with E-state index in [1.165, 1.54) is 12.3 Å². The van der Waals surface area contributed by atoms with Crippen LogP contribution in [0, 0.1) is 11.7 Å². The third-order valence-corrected chi connectivity index (χ3v) is 4.56. The summed E-state index contributed by atoms with van der Waals surface area (Å²) in [6.45, 7) is 0.954. The van der Waals surface area contributed by atoms with E-state index < -0.39 is 23.2 Å². The van der Waals surface area contributed by atoms with Gasteiger partial charge in [0, 0.05) is 6.61 Å². The van der Waals surface area contributed by atoms with Gasteiger partial charge in [0.2, 0.25) is 5.91 Å². The summed E-state index contributed by atoms with van der Waals surface area (Å²) in [5.41, 5.74) is -1.43. The number of hydrogen-bond donors (Lipinski definition) is 2. The third kappa shape index (κ3) is 4.71. The molecule has 1 fully saturated rings. The van der Waals surface area contributed by atoms with Crippen LogP contribution in [0.5, 0.6) is 0 Å². The van der Waals surface area contributed by atoms with Crippen LogP contribution < -0.4 is 10.6 Å². The number of anilines is 2. The summed E-state index contributed by atoms with van der Waals surface area (Å²) in [4.78, 5) is 16.0. The van der Waals surface area contributed by atoms with Crippen molar-refractivity contribution >= 4 is 28.9 Å². The van der Waals surface area contributed by atoms with Crippen molar-refractivity contribution in [3.63, 3.8) is 0 Å². The zero-order valence-corrected chi connectivity index (χ0v) is 15.2. The molecule has 5 nitrogen and oxygen atoms in total. The molecule has 1 unspecified atom stereocenters. The molecule has 150 valence electrons. The van der Waals surface area contributed by atoms with Gasteiger partial charge in [0.1, 0.15) is 5.82 Å². The highest BCUT2D eigenvalue weighted by atomic mass is 35.5. The minimum absolute atomic E-state index is 0.0575. The highest BCUT2D eigenvalue weighted by molar-refractivity contribution is 6.31. The lowest BCUT2D eigenvalue weighted by atomic mass is 10.1. The molecule has 10 heteroatoms. The standard InChI is InChI=1S/C18H16ClF4N3O2/c19-13-6-11(26-16-12(18(21,22)23)2-1-3-14(16)20)7-24-15(13)8-25-17(27)10-4-5-28-9-10/h1-3,6-7,10,26H,4-5,8-9H2,(H,25,27). The molecule has 1 aliphatic heterocycles. The molecular weight excluding hydrogens is 402 g/mol. The Labute approximate surface area is 163 Å². The molecular formula is C18H16ClF4N3O2. The molecule has 28 heavy (non-hydrogen) atoms. The Kier molecular flexibility index (Phi) is 6.04. The predicted molar refractivity (Wildman–Crippen MR) is 94.7 cm³/mol. The van der Waals surface area contributed by atoms with Gasteiger partial charge in [-0.2, -0.15) is 13.2 Å². The molecule has 1 amide bonds. The molecule has 3 rings (SSSR count). The zero-order valence-electron chi connectivity index (χ0n) is 14.4. The van der Waals surface area contributed by atoms with E-state index in [0.29, 0.717) is 25.3 Å². The molecule has 0 spiro atoms. The largest absolute Gasteiger partial charge is 0.418 e. The molecule has 2 heterocycles. The number of carbonyl (C=O) groups is 1. The van der Waals surface area contributed by atoms with E-state index in [2.05, 4.69) is 15.6 Å². The second-order valence-corrected chi connectivity index (χ2v) is 6.62. The summed E-state index contributed by atoms with van der Waals surface area (Å²) >= 11 is 6.11. The molecule has 0 radical (unpaired) electrons. The monoisotopic (exact) mass is 417 g/mol. The SMILES string of the molecule is O=C(NCc1ncc(Nc2c(F)cccc2C(F)(F)F)cc1Cl)C1CCOC1. The van der Waals surface area contributed by atoms with E-state index >= 15 is 0 Å². The lowest BCUT2D eigenvalue weighted by Crippen LogP contribution is -2.30. The summed E-state index contributed by atoms with van der Waals surface area (Å²) in [5.74, 6) is -1.46. The van der Waals surface area contributed by atoms with Gasteiger partial charge in [0.25, 0.3) is 0 Å². The van der Waals surface area contributed by atoms with Crippen molar-refractivity contribution in [1.82, 2.24) is 10.3 Å². The minimum atomic E-state index is -4.73. The molecule has 1 aromatic carbocycles. The summed E-state index contributed by atoms with van der Waals surface area (Å²) < 4.78 is 58.3. The lowest BCUT2D eigenvalue weighted by molar-refractivity contribution is -0.137. The first-order chi connectivity index (χ1) is 13.3. The van der Waals surface area contributed by atoms with Gasteiger partial charge < -0.3 is 15.4 Å². The Morgan fingerprint density at radius 1 is 1.36 bits per heavy atom. The fraction of sp³-hybridized carbons (Fsp3) is 0.333. The van der Waals surface area contributed by atoms with E-state index in [0.717, 1.165) is 18.2 Å². The van der Waals surface area contributed by atoms with Crippen molar-refractivity contribution < 1.29 is 27.1 Å². The lowest BCUT2D eigenvalue weighted by Gasteiger charge is -2.16. The molecule has 1 aromatic heterocycles. The quantitative estimate of drug-likeness (QED) is 0.712. The van der Waals surface area contributed by atoms with Crippen molar-refractivity contribution in [2.24, 2.45) is 5.92 Å². The molecule has 0 saturated carbocycles. The van der Waals surface area contributed by atoms with Gasteiger partial charge in [0.05, 0.1) is 52.9 Å². The normalized spacial score (nSPS) is 16.8. The summed E-state index contributed by atoms with van der Waals surface area (Å²) in [7, 11) is 0. The summed E-state index contributed by atoms with van der Waals surface area (Å²) in [6, 6.07) is 4.00. The van der Waals surface area contributed by atoms with Crippen LogP contribution in [0.1, 0.15) is 17.7 Å². The number of nitrogens with one attached hydrogen (secondary N) is 2. The van der Waals surface area contributed by atoms with E-state index in [1.54, 1.807) is 0 Å². The first-order valence-corrected chi connectivity index (χ1v) is 8.76. The second-order valence-electron chi connectivity index (χ2n) is 6.22. The number of amides is 1. The molecule has 1 atom stereocenters. The fourth-order valence-electron chi connectivity index (χ4n) is 2.75. The Morgan fingerprint density at radius 3 is 2.79 bits per heavy atom. The zero-order chi connectivity index (χ0) is 20.3. The van der Waals surface area contributed by atoms with Crippen LogP contribution in [-0.2, 0) is 22.3 Å². The predicted octanol–water partition coefficient (Wildman–Crippen LogP) is 4.29. The number of aromatic nitrogens is 1. The van der Waals surface area contributed by atoms with Crippen LogP contribution in [0.25, 0.3) is 0 Å².